The third-order valence-corrected chi connectivity index (χ3v) is 4.49. The lowest BCUT2D eigenvalue weighted by Gasteiger charge is -2.43. The van der Waals surface area contributed by atoms with Crippen LogP contribution in [0.2, 0.25) is 0 Å². The molecule has 0 unspecified atom stereocenters. The third-order valence-electron chi connectivity index (χ3n) is 4.49. The van der Waals surface area contributed by atoms with Gasteiger partial charge in [0, 0.05) is 25.3 Å². The first-order valence-corrected chi connectivity index (χ1v) is 9.10. The van der Waals surface area contributed by atoms with Crippen LogP contribution in [0, 0.1) is 5.92 Å². The molecule has 2 rings (SSSR count). The molecule has 0 saturated carbocycles. The SMILES string of the molecule is C[C@H]1CN(c2ccncc2N(C(=O)O)C(=O)O)C[C@@H](NC(=O)OC(C)(C)C)[C@H]1N. The monoisotopic (exact) mass is 409 g/mol. The number of aromatic nitrogens is 1. The number of nitrogens with one attached hydrogen (secondary N) is 1. The summed E-state index contributed by atoms with van der Waals surface area (Å²) in [6, 6.07) is 0.680. The molecule has 0 radical (unpaired) electrons. The smallest absolute Gasteiger partial charge is 0.421 e. The standard InChI is InChI=1S/C18H27N5O6/c1-10-8-22(9-11(14(10)19)21-15(24)29-18(2,3)4)12-5-6-20-7-13(12)23(16(25)26)17(27)28/h5-7,10-11,14H,8-9,19H2,1-4H3,(H,21,24)(H,25,26)(H,27,28)/t10-,11+,14-/m0/s1. The van der Waals surface area contributed by atoms with E-state index in [9.17, 15) is 24.6 Å². The maximum absolute atomic E-state index is 12.2. The number of amides is 3. The van der Waals surface area contributed by atoms with Gasteiger partial charge < -0.3 is 30.9 Å². The molecular weight excluding hydrogens is 382 g/mol. The van der Waals surface area contributed by atoms with Gasteiger partial charge >= 0.3 is 18.3 Å². The van der Waals surface area contributed by atoms with Crippen LogP contribution in [0.4, 0.5) is 25.8 Å². The molecule has 1 saturated heterocycles. The van der Waals surface area contributed by atoms with Crippen LogP contribution in [0.1, 0.15) is 27.7 Å². The average Bonchev–Trinajstić information content (AvgIpc) is 2.57. The molecule has 3 atom stereocenters. The van der Waals surface area contributed by atoms with Crippen molar-refractivity contribution in [2.75, 3.05) is 22.9 Å². The molecule has 1 fully saturated rings. The number of nitrogens with two attached hydrogens (primary N) is 1. The van der Waals surface area contributed by atoms with Crippen LogP contribution >= 0.6 is 0 Å². The second-order valence-electron chi connectivity index (χ2n) is 7.98. The van der Waals surface area contributed by atoms with E-state index in [1.54, 1.807) is 25.7 Å². The number of alkyl carbamates (subject to hydrolysis) is 1. The Kier molecular flexibility index (Phi) is 6.52. The maximum atomic E-state index is 12.2. The fraction of sp³-hybridized carbons (Fsp3) is 0.556. The summed E-state index contributed by atoms with van der Waals surface area (Å²) in [5.74, 6) is -0.0761. The van der Waals surface area contributed by atoms with Gasteiger partial charge in [-0.1, -0.05) is 6.92 Å². The molecule has 1 aliphatic heterocycles. The van der Waals surface area contributed by atoms with Crippen LogP contribution in [0.25, 0.3) is 0 Å². The third kappa shape index (κ3) is 5.47. The molecule has 0 aromatic carbocycles. The molecular formula is C18H27N5O6. The second kappa shape index (κ2) is 8.52. The Morgan fingerprint density at radius 3 is 2.45 bits per heavy atom. The fourth-order valence-electron chi connectivity index (χ4n) is 3.20. The first kappa shape index (κ1) is 22.2. The Bertz CT molecular complexity index is 766. The van der Waals surface area contributed by atoms with Crippen LogP contribution < -0.4 is 20.9 Å². The number of carbonyl (C=O) groups is 3. The number of carboxylic acid groups (broad SMARTS) is 2. The van der Waals surface area contributed by atoms with Gasteiger partial charge in [-0.2, -0.15) is 4.90 Å². The van der Waals surface area contributed by atoms with Gasteiger partial charge in [-0.25, -0.2) is 14.4 Å². The summed E-state index contributed by atoms with van der Waals surface area (Å²) in [5, 5.41) is 21.4. The molecule has 11 nitrogen and oxygen atoms in total. The predicted molar refractivity (Wildman–Crippen MR) is 105 cm³/mol. The highest BCUT2D eigenvalue weighted by atomic mass is 16.6. The zero-order valence-electron chi connectivity index (χ0n) is 16.8. The molecule has 2 heterocycles. The van der Waals surface area contributed by atoms with E-state index in [4.69, 9.17) is 10.5 Å². The first-order valence-electron chi connectivity index (χ1n) is 9.10. The van der Waals surface area contributed by atoms with Crippen LogP contribution in [0.5, 0.6) is 0 Å². The number of hydrogen-bond acceptors (Lipinski definition) is 7. The normalized spacial score (nSPS) is 22.0. The number of rotatable bonds is 3. The molecule has 0 bridgehead atoms. The van der Waals surface area contributed by atoms with E-state index < -0.39 is 29.9 Å². The van der Waals surface area contributed by atoms with Gasteiger partial charge in [0.05, 0.1) is 17.9 Å². The van der Waals surface area contributed by atoms with Crippen molar-refractivity contribution >= 4 is 29.7 Å². The quantitative estimate of drug-likeness (QED) is 0.585. The van der Waals surface area contributed by atoms with Crippen LogP contribution in [-0.4, -0.2) is 64.3 Å². The fourth-order valence-corrected chi connectivity index (χ4v) is 3.20. The molecule has 1 aromatic heterocycles. The number of carbonyl (C=O) groups excluding carboxylic acids is 1. The van der Waals surface area contributed by atoms with Gasteiger partial charge in [0.1, 0.15) is 11.3 Å². The van der Waals surface area contributed by atoms with Crippen molar-refractivity contribution < 1.29 is 29.3 Å². The Balaban J connectivity index is 2.30. The molecule has 0 aliphatic carbocycles. The summed E-state index contributed by atoms with van der Waals surface area (Å²) in [6.07, 6.45) is -1.28. The molecule has 1 aliphatic rings. The number of nitrogens with zero attached hydrogens (tertiary/aromatic N) is 3. The zero-order chi connectivity index (χ0) is 21.9. The molecule has 160 valence electrons. The minimum atomic E-state index is -1.64. The molecule has 0 spiro atoms. The number of anilines is 2. The number of ether oxygens (including phenoxy) is 1. The minimum Gasteiger partial charge on any atom is -0.464 e. The molecule has 3 amide bonds. The van der Waals surface area contributed by atoms with Gasteiger partial charge in [-0.15, -0.1) is 0 Å². The number of imide groups is 1. The van der Waals surface area contributed by atoms with E-state index in [-0.39, 0.29) is 29.1 Å². The Morgan fingerprint density at radius 1 is 1.28 bits per heavy atom. The summed E-state index contributed by atoms with van der Waals surface area (Å²) in [5.41, 5.74) is 5.86. The largest absolute Gasteiger partial charge is 0.464 e. The summed E-state index contributed by atoms with van der Waals surface area (Å²) in [4.78, 5) is 40.9. The van der Waals surface area contributed by atoms with Gasteiger partial charge in [-0.3, -0.25) is 4.98 Å². The van der Waals surface area contributed by atoms with E-state index >= 15 is 0 Å². The molecule has 5 N–H and O–H groups in total. The summed E-state index contributed by atoms with van der Waals surface area (Å²) < 4.78 is 5.29. The first-order chi connectivity index (χ1) is 13.4. The van der Waals surface area contributed by atoms with Gasteiger partial charge in [0.15, 0.2) is 0 Å². The van der Waals surface area contributed by atoms with Gasteiger partial charge in [0.25, 0.3) is 0 Å². The second-order valence-corrected chi connectivity index (χ2v) is 7.98. The maximum Gasteiger partial charge on any atom is 0.421 e. The summed E-state index contributed by atoms with van der Waals surface area (Å²) in [7, 11) is 0. The zero-order valence-corrected chi connectivity index (χ0v) is 16.8. The van der Waals surface area contributed by atoms with Crippen molar-refractivity contribution in [2.45, 2.75) is 45.4 Å². The van der Waals surface area contributed by atoms with Crippen LogP contribution in [0.15, 0.2) is 18.5 Å². The number of pyridine rings is 1. The Morgan fingerprint density at radius 2 is 1.90 bits per heavy atom. The van der Waals surface area contributed by atoms with E-state index in [1.807, 2.05) is 6.92 Å². The van der Waals surface area contributed by atoms with E-state index in [2.05, 4.69) is 10.3 Å². The van der Waals surface area contributed by atoms with Crippen molar-refractivity contribution in [1.29, 1.82) is 0 Å². The molecule has 11 heteroatoms. The predicted octanol–water partition coefficient (Wildman–Crippen LogP) is 1.92. The Labute approximate surface area is 168 Å². The Hall–Kier alpha value is -3.08. The number of hydrogen-bond donors (Lipinski definition) is 4. The minimum absolute atomic E-state index is 0.0761. The summed E-state index contributed by atoms with van der Waals surface area (Å²) in [6.45, 7) is 7.83. The van der Waals surface area contributed by atoms with Gasteiger partial charge in [-0.05, 0) is 32.8 Å². The molecule has 29 heavy (non-hydrogen) atoms. The lowest BCUT2D eigenvalue weighted by Crippen LogP contribution is -2.62. The van der Waals surface area contributed by atoms with Crippen LogP contribution in [0.3, 0.4) is 0 Å². The van der Waals surface area contributed by atoms with E-state index in [0.717, 1.165) is 0 Å². The van der Waals surface area contributed by atoms with Crippen molar-refractivity contribution in [3.05, 3.63) is 18.5 Å². The van der Waals surface area contributed by atoms with E-state index in [1.165, 1.54) is 18.5 Å². The van der Waals surface area contributed by atoms with Crippen molar-refractivity contribution in [3.63, 3.8) is 0 Å². The highest BCUT2D eigenvalue weighted by Gasteiger charge is 2.36. The van der Waals surface area contributed by atoms with Crippen molar-refractivity contribution in [2.24, 2.45) is 11.7 Å². The topological polar surface area (TPSA) is 158 Å². The van der Waals surface area contributed by atoms with Crippen molar-refractivity contribution in [3.8, 4) is 0 Å². The van der Waals surface area contributed by atoms with Crippen LogP contribution in [-0.2, 0) is 4.74 Å². The lowest BCUT2D eigenvalue weighted by molar-refractivity contribution is 0.0486. The molecule has 1 aromatic rings. The summed E-state index contributed by atoms with van der Waals surface area (Å²) >= 11 is 0. The lowest BCUT2D eigenvalue weighted by atomic mass is 9.90. The van der Waals surface area contributed by atoms with Gasteiger partial charge in [0.2, 0.25) is 0 Å². The van der Waals surface area contributed by atoms with Crippen molar-refractivity contribution in [1.82, 2.24) is 10.3 Å². The highest BCUT2D eigenvalue weighted by Crippen LogP contribution is 2.32. The highest BCUT2D eigenvalue weighted by molar-refractivity contribution is 6.10. The average molecular weight is 409 g/mol. The van der Waals surface area contributed by atoms with E-state index in [0.29, 0.717) is 12.2 Å². The number of piperidine rings is 1.